The van der Waals surface area contributed by atoms with Gasteiger partial charge in [-0.15, -0.1) is 11.3 Å². The first kappa shape index (κ1) is 30.7. The van der Waals surface area contributed by atoms with Gasteiger partial charge in [-0.05, 0) is 61.9 Å². The van der Waals surface area contributed by atoms with Crippen LogP contribution in [-0.2, 0) is 24.2 Å². The van der Waals surface area contributed by atoms with Crippen LogP contribution in [0, 0.1) is 11.3 Å². The lowest BCUT2D eigenvalue weighted by molar-refractivity contribution is -0.141. The molecule has 4 aromatic rings. The van der Waals surface area contributed by atoms with Crippen molar-refractivity contribution in [1.29, 1.82) is 5.26 Å². The Hall–Kier alpha value is -3.99. The topological polar surface area (TPSA) is 96.4 Å². The van der Waals surface area contributed by atoms with E-state index in [0.717, 1.165) is 95.6 Å². The van der Waals surface area contributed by atoms with Crippen LogP contribution in [0.25, 0.3) is 21.3 Å². The molecule has 240 valence electrons. The van der Waals surface area contributed by atoms with Crippen LogP contribution in [-0.4, -0.2) is 70.1 Å². The quantitative estimate of drug-likeness (QED) is 0.284. The van der Waals surface area contributed by atoms with E-state index < -0.39 is 24.0 Å². The number of thiophene rings is 1. The number of hydrogen-bond donors (Lipinski definition) is 0. The summed E-state index contributed by atoms with van der Waals surface area (Å²) in [6.45, 7) is 1.28. The maximum Gasteiger partial charge on any atom is 0.406 e. The summed E-state index contributed by atoms with van der Waals surface area (Å²) >= 11 is 1.35. The smallest absolute Gasteiger partial charge is 0.381 e. The first-order valence-electron chi connectivity index (χ1n) is 15.5. The average molecular weight is 651 g/mol. The zero-order valence-corrected chi connectivity index (χ0v) is 26.1. The number of aryl methyl sites for hydroxylation is 1. The largest absolute Gasteiger partial charge is 0.406 e. The van der Waals surface area contributed by atoms with E-state index in [9.17, 15) is 28.0 Å². The fourth-order valence-electron chi connectivity index (χ4n) is 7.24. The van der Waals surface area contributed by atoms with E-state index in [1.165, 1.54) is 11.3 Å². The third-order valence-electron chi connectivity index (χ3n) is 9.56. The lowest BCUT2D eigenvalue weighted by Gasteiger charge is -2.42. The molecule has 9 nitrogen and oxygen atoms in total. The first-order chi connectivity index (χ1) is 22.1. The first-order valence-corrected chi connectivity index (χ1v) is 16.3. The Balaban J connectivity index is 1.25. The minimum absolute atomic E-state index is 0.178. The molecule has 2 aliphatic heterocycles. The molecule has 1 atom stereocenters. The summed E-state index contributed by atoms with van der Waals surface area (Å²) in [4.78, 5) is 35.7. The number of pyridine rings is 1. The predicted octanol–water partition coefficient (Wildman–Crippen LogP) is 4.77. The van der Waals surface area contributed by atoms with Crippen molar-refractivity contribution in [2.24, 2.45) is 0 Å². The highest BCUT2D eigenvalue weighted by Crippen LogP contribution is 2.44. The molecule has 3 aromatic heterocycles. The van der Waals surface area contributed by atoms with E-state index in [0.29, 0.717) is 38.7 Å². The highest BCUT2D eigenvalue weighted by Gasteiger charge is 2.40. The number of nitrogens with zero attached hydrogens (tertiary/aromatic N) is 6. The monoisotopic (exact) mass is 650 g/mol. The van der Waals surface area contributed by atoms with Crippen molar-refractivity contribution in [3.63, 3.8) is 0 Å². The van der Waals surface area contributed by atoms with E-state index >= 15 is 0 Å². The van der Waals surface area contributed by atoms with Gasteiger partial charge in [-0.3, -0.25) is 23.8 Å². The summed E-state index contributed by atoms with van der Waals surface area (Å²) in [5.41, 5.74) is 3.65. The number of halogens is 3. The maximum atomic E-state index is 13.0. The number of rotatable bonds is 7. The van der Waals surface area contributed by atoms with E-state index in [1.54, 1.807) is 19.4 Å². The lowest BCUT2D eigenvalue weighted by atomic mass is 9.88. The second-order valence-corrected chi connectivity index (χ2v) is 13.5. The number of anilines is 1. The lowest BCUT2D eigenvalue weighted by Crippen LogP contribution is -2.48. The number of benzene rings is 1. The molecule has 0 radical (unpaired) electrons. The number of likely N-dealkylation sites (tertiary alicyclic amines) is 1. The average Bonchev–Trinajstić information content (AvgIpc) is 3.66. The third kappa shape index (κ3) is 5.74. The van der Waals surface area contributed by atoms with Crippen LogP contribution in [0.2, 0.25) is 0 Å². The summed E-state index contributed by atoms with van der Waals surface area (Å²) in [6, 6.07) is 11.8. The number of fused-ring (bicyclic) bond motifs is 2. The molecule has 0 N–H and O–H groups in total. The van der Waals surface area contributed by atoms with Crippen molar-refractivity contribution in [3.8, 4) is 17.2 Å². The standard InChI is InChI=1S/C33H33F3N6O3S/c1-45-24-13-23(14-24)39-9-5-22(17-39)41-8-2-3-21-11-20(16-37)12-27(30(21)41)26-4-7-38-28-15-25(46-31(26)28)18-42-29(43)6-10-40(32(42)44)19-33(34,35)36/h4,6-7,10-12,15,22-24H,2-3,5,8-9,13-14,17-19H2,1H3. The number of hydrogen-bond acceptors (Lipinski definition) is 8. The molecular formula is C33H33F3N6O3S. The summed E-state index contributed by atoms with van der Waals surface area (Å²) in [5, 5.41) is 9.96. The van der Waals surface area contributed by atoms with Crippen molar-refractivity contribution in [1.82, 2.24) is 19.0 Å². The summed E-state index contributed by atoms with van der Waals surface area (Å²) in [5.74, 6) is 0. The van der Waals surface area contributed by atoms with Crippen LogP contribution in [0.1, 0.15) is 41.7 Å². The molecule has 0 spiro atoms. The minimum Gasteiger partial charge on any atom is -0.381 e. The molecule has 1 aromatic carbocycles. The molecule has 5 heterocycles. The summed E-state index contributed by atoms with van der Waals surface area (Å²) in [7, 11) is 1.78. The van der Waals surface area contributed by atoms with Crippen molar-refractivity contribution in [3.05, 3.63) is 79.6 Å². The molecule has 13 heteroatoms. The van der Waals surface area contributed by atoms with Crippen LogP contribution in [0.4, 0.5) is 18.9 Å². The molecule has 1 aliphatic carbocycles. The Morgan fingerprint density at radius 1 is 1.11 bits per heavy atom. The fraction of sp³-hybridized carbons (Fsp3) is 0.455. The third-order valence-corrected chi connectivity index (χ3v) is 10.7. The van der Waals surface area contributed by atoms with Gasteiger partial charge in [-0.2, -0.15) is 18.4 Å². The molecule has 0 bridgehead atoms. The number of methoxy groups -OCH3 is 1. The van der Waals surface area contributed by atoms with E-state index in [-0.39, 0.29) is 6.54 Å². The van der Waals surface area contributed by atoms with Gasteiger partial charge < -0.3 is 9.64 Å². The summed E-state index contributed by atoms with van der Waals surface area (Å²) in [6.07, 6.45) is 3.39. The van der Waals surface area contributed by atoms with Gasteiger partial charge in [0.15, 0.2) is 0 Å². The molecule has 1 saturated carbocycles. The SMILES string of the molecule is COC1CC(N2CCC(N3CCCc4cc(C#N)cc(-c5ccnc6cc(Cn7c(=O)ccn(CC(F)(F)F)c7=O)sc56)c43)C2)C1. The Labute approximate surface area is 267 Å². The minimum atomic E-state index is -4.60. The van der Waals surface area contributed by atoms with E-state index in [1.807, 2.05) is 18.2 Å². The van der Waals surface area contributed by atoms with Crippen LogP contribution in [0.5, 0.6) is 0 Å². The number of alkyl halides is 3. The Bertz CT molecular complexity index is 1960. The molecule has 0 amide bonds. The van der Waals surface area contributed by atoms with Gasteiger partial charge in [0.05, 0.1) is 34.5 Å². The molecule has 1 saturated heterocycles. The highest BCUT2D eigenvalue weighted by atomic mass is 32.1. The summed E-state index contributed by atoms with van der Waals surface area (Å²) < 4.78 is 46.8. The van der Waals surface area contributed by atoms with Gasteiger partial charge in [-0.25, -0.2) is 4.79 Å². The van der Waals surface area contributed by atoms with Crippen molar-refractivity contribution >= 4 is 27.2 Å². The zero-order valence-electron chi connectivity index (χ0n) is 25.3. The van der Waals surface area contributed by atoms with Crippen LogP contribution >= 0.6 is 11.3 Å². The van der Waals surface area contributed by atoms with Crippen LogP contribution in [0.3, 0.4) is 0 Å². The van der Waals surface area contributed by atoms with Gasteiger partial charge in [-0.1, -0.05) is 0 Å². The Morgan fingerprint density at radius 3 is 2.70 bits per heavy atom. The normalized spacial score (nSPS) is 21.7. The maximum absolute atomic E-state index is 13.0. The zero-order chi connectivity index (χ0) is 32.2. The van der Waals surface area contributed by atoms with Gasteiger partial charge in [0.2, 0.25) is 0 Å². The van der Waals surface area contributed by atoms with E-state index in [2.05, 4.69) is 20.9 Å². The van der Waals surface area contributed by atoms with Gasteiger partial charge in [0.25, 0.3) is 5.56 Å². The van der Waals surface area contributed by atoms with Crippen LogP contribution < -0.4 is 16.1 Å². The van der Waals surface area contributed by atoms with Crippen molar-refractivity contribution in [2.75, 3.05) is 31.6 Å². The van der Waals surface area contributed by atoms with Gasteiger partial charge >= 0.3 is 11.9 Å². The van der Waals surface area contributed by atoms with Crippen molar-refractivity contribution < 1.29 is 17.9 Å². The number of aromatic nitrogens is 3. The number of ether oxygens (including phenoxy) is 1. The molecule has 1 unspecified atom stereocenters. The van der Waals surface area contributed by atoms with Gasteiger partial charge in [0.1, 0.15) is 6.54 Å². The molecular weight excluding hydrogens is 617 g/mol. The Kier molecular flexibility index (Phi) is 7.99. The Morgan fingerprint density at radius 2 is 1.93 bits per heavy atom. The predicted molar refractivity (Wildman–Crippen MR) is 169 cm³/mol. The van der Waals surface area contributed by atoms with Crippen molar-refractivity contribution in [2.45, 2.75) is 69.6 Å². The molecule has 2 fully saturated rings. The molecule has 7 rings (SSSR count). The molecule has 3 aliphatic rings. The second kappa shape index (κ2) is 12.0. The highest BCUT2D eigenvalue weighted by molar-refractivity contribution is 7.19. The second-order valence-electron chi connectivity index (χ2n) is 12.4. The van der Waals surface area contributed by atoms with E-state index in [4.69, 9.17) is 4.74 Å². The van der Waals surface area contributed by atoms with Crippen LogP contribution in [0.15, 0.2) is 52.3 Å². The number of nitriles is 1. The van der Waals surface area contributed by atoms with Gasteiger partial charge in [0, 0.05) is 79.0 Å². The fourth-order valence-corrected chi connectivity index (χ4v) is 8.37. The molecule has 46 heavy (non-hydrogen) atoms.